The Morgan fingerprint density at radius 2 is 0.772 bits per heavy atom. The van der Waals surface area contributed by atoms with Gasteiger partial charge in [-0.05, 0) is 259 Å². The highest BCUT2D eigenvalue weighted by atomic mass is 32.2. The summed E-state index contributed by atoms with van der Waals surface area (Å²) in [5.74, 6) is -5.12. The largest absolute Gasteiger partial charge is 0.481 e. The zero-order valence-electron chi connectivity index (χ0n) is 64.8. The highest BCUT2D eigenvalue weighted by Crippen LogP contribution is 2.36. The van der Waals surface area contributed by atoms with E-state index in [4.69, 9.17) is 14.6 Å². The second kappa shape index (κ2) is 39.1. The van der Waals surface area contributed by atoms with Crippen LogP contribution in [0, 0.1) is 11.8 Å². The number of hydrogen-bond acceptors (Lipinski definition) is 16. The number of rotatable bonds is 28. The van der Waals surface area contributed by atoms with Crippen molar-refractivity contribution < 1.29 is 74.9 Å². The summed E-state index contributed by atoms with van der Waals surface area (Å²) in [6.45, 7) is 7.43. The van der Waals surface area contributed by atoms with E-state index >= 15 is 0 Å². The molecule has 26 heteroatoms. The maximum atomic E-state index is 14.0. The number of aryl methyl sites for hydroxylation is 4. The lowest BCUT2D eigenvalue weighted by atomic mass is 9.86. The van der Waals surface area contributed by atoms with Crippen molar-refractivity contribution in [2.75, 3.05) is 84.6 Å². The van der Waals surface area contributed by atoms with E-state index in [2.05, 4.69) is 31.1 Å². The number of piperidine rings is 2. The van der Waals surface area contributed by atoms with Crippen LogP contribution in [0.5, 0.6) is 0 Å². The molecule has 114 heavy (non-hydrogen) atoms. The molecule has 0 unspecified atom stereocenters. The first-order valence-electron chi connectivity index (χ1n) is 39.2. The molecule has 2 aliphatic heterocycles. The summed E-state index contributed by atoms with van der Waals surface area (Å²) in [6, 6.07) is 51.2. The standard InChI is InChI=1S/C45H52N4O8S.C43H48N4O8S/c1-4-49(37-23-19-34(20-24-37)45(53)57-3)58(54,55)39-10-8-9-35(29-39)42(50)47-41-26-25-38(48-27-6-5-7-28-48)30-40(41)43(51)46-36-21-15-32(16-22-36)12-11-31-13-17-33(18-14-31)44(52)56-2;1-2-47(35-21-17-32(18-22-35)43(52)53)56(54,55)37-8-6-7-33(27-37)40(48)45-39-24-23-36(46-25-4-3-5-26-46)28-38(39)41(49)44-34-19-13-30(14-20-34)10-9-29-11-15-31(16-12-29)42(50)51/h8-10,13-18,21-22,25-26,29-30,34,37H,4-7,11-12,19-20,23-24,27-28H2,1-3H3,(H,46,51)(H,47,50);6-8,11-16,19-20,23-24,27-28,32,35H,2-5,9-10,17-18,21-22,25-26H2,1H3,(H,44,49)(H,45,48)(H,50,51)(H,52,53). The predicted octanol–water partition coefficient (Wildman–Crippen LogP) is 14.8. The molecular formula is C88H100N8O16S2. The summed E-state index contributed by atoms with van der Waals surface area (Å²) < 4.78 is 68.2. The Morgan fingerprint density at radius 3 is 1.12 bits per heavy atom. The molecule has 0 radical (unpaired) electrons. The number of methoxy groups -OCH3 is 2. The molecule has 4 fully saturated rings. The summed E-state index contributed by atoms with van der Waals surface area (Å²) in [4.78, 5) is 106. The van der Waals surface area contributed by atoms with Crippen molar-refractivity contribution in [3.8, 4) is 0 Å². The van der Waals surface area contributed by atoms with Gasteiger partial charge in [-0.15, -0.1) is 0 Å². The number of nitrogens with zero attached hydrogens (tertiary/aromatic N) is 4. The Balaban J connectivity index is 0.000000225. The first kappa shape index (κ1) is 83.9. The number of carbonyl (C=O) groups is 8. The maximum Gasteiger partial charge on any atom is 0.337 e. The van der Waals surface area contributed by atoms with Crippen LogP contribution in [0.3, 0.4) is 0 Å². The molecule has 0 spiro atoms. The molecule has 0 atom stereocenters. The summed E-state index contributed by atoms with van der Waals surface area (Å²) >= 11 is 0. The molecule has 2 saturated heterocycles. The quantitative estimate of drug-likeness (QED) is 0.0248. The van der Waals surface area contributed by atoms with E-state index in [0.717, 1.165) is 124 Å². The van der Waals surface area contributed by atoms with Gasteiger partial charge in [-0.25, -0.2) is 26.4 Å². The molecule has 0 bridgehead atoms. The third-order valence-corrected chi connectivity index (χ3v) is 26.0. The van der Waals surface area contributed by atoms with Gasteiger partial charge in [0.05, 0.1) is 69.5 Å². The van der Waals surface area contributed by atoms with Gasteiger partial charge >= 0.3 is 23.9 Å². The normalized spacial score (nSPS) is 17.1. The van der Waals surface area contributed by atoms with Gasteiger partial charge in [-0.1, -0.05) is 74.5 Å². The van der Waals surface area contributed by atoms with E-state index in [0.29, 0.717) is 74.0 Å². The smallest absolute Gasteiger partial charge is 0.337 e. The molecule has 6 N–H and O–H groups in total. The third-order valence-electron chi connectivity index (χ3n) is 22.0. The average Bonchev–Trinajstić information content (AvgIpc) is 0.808. The molecule has 4 aliphatic rings. The molecule has 2 heterocycles. The van der Waals surface area contributed by atoms with Crippen LogP contribution in [0.15, 0.2) is 192 Å². The zero-order chi connectivity index (χ0) is 81.1. The molecule has 0 aromatic heterocycles. The number of esters is 2. The first-order valence-corrected chi connectivity index (χ1v) is 42.1. The minimum atomic E-state index is -4.00. The number of nitrogens with one attached hydrogen (secondary N) is 4. The van der Waals surface area contributed by atoms with Gasteiger partial charge in [0.2, 0.25) is 20.0 Å². The minimum Gasteiger partial charge on any atom is -0.481 e. The van der Waals surface area contributed by atoms with Crippen LogP contribution in [0.4, 0.5) is 34.1 Å². The number of carboxylic acids is 2. The number of aromatic carboxylic acids is 1. The third kappa shape index (κ3) is 21.4. The number of sulfonamides is 2. The predicted molar refractivity (Wildman–Crippen MR) is 439 cm³/mol. The van der Waals surface area contributed by atoms with Crippen molar-refractivity contribution in [3.05, 3.63) is 238 Å². The zero-order valence-corrected chi connectivity index (χ0v) is 66.4. The number of ether oxygens (including phenoxy) is 2. The van der Waals surface area contributed by atoms with Gasteiger partial charge in [0.1, 0.15) is 0 Å². The van der Waals surface area contributed by atoms with Crippen molar-refractivity contribution in [3.63, 3.8) is 0 Å². The van der Waals surface area contributed by atoms with Crippen molar-refractivity contribution >= 4 is 102 Å². The monoisotopic (exact) mass is 1590 g/mol. The van der Waals surface area contributed by atoms with Crippen LogP contribution in [0.2, 0.25) is 0 Å². The maximum absolute atomic E-state index is 14.0. The lowest BCUT2D eigenvalue weighted by molar-refractivity contribution is -0.147. The van der Waals surface area contributed by atoms with Crippen LogP contribution in [0.25, 0.3) is 0 Å². The summed E-state index contributed by atoms with van der Waals surface area (Å²) in [7, 11) is -5.25. The van der Waals surface area contributed by atoms with E-state index in [1.54, 1.807) is 74.5 Å². The Morgan fingerprint density at radius 1 is 0.404 bits per heavy atom. The molecule has 4 amide bonds. The van der Waals surface area contributed by atoms with Crippen LogP contribution >= 0.6 is 0 Å². The summed E-state index contributed by atoms with van der Waals surface area (Å²) in [6.07, 6.45) is 13.3. The van der Waals surface area contributed by atoms with Gasteiger partial charge < -0.3 is 50.8 Å². The van der Waals surface area contributed by atoms with E-state index in [9.17, 15) is 60.3 Å². The van der Waals surface area contributed by atoms with E-state index in [1.165, 1.54) is 59.2 Å². The number of amides is 4. The molecular weight excluding hydrogens is 1490 g/mol. The van der Waals surface area contributed by atoms with Gasteiger partial charge in [-0.2, -0.15) is 8.61 Å². The van der Waals surface area contributed by atoms with Crippen LogP contribution in [0.1, 0.15) is 188 Å². The molecule has 24 nitrogen and oxygen atoms in total. The topological polar surface area (TPSA) is 325 Å². The number of hydrogen-bond donors (Lipinski definition) is 6. The van der Waals surface area contributed by atoms with Gasteiger partial charge in [0.25, 0.3) is 23.6 Å². The second-order valence-electron chi connectivity index (χ2n) is 29.3. The number of carboxylic acid groups (broad SMARTS) is 2. The molecule has 600 valence electrons. The minimum absolute atomic E-state index is 0.00424. The Labute approximate surface area is 666 Å². The fraction of sp³-hybridized carbons (Fsp3) is 0.364. The highest BCUT2D eigenvalue weighted by Gasteiger charge is 2.38. The first-order chi connectivity index (χ1) is 54.9. The van der Waals surface area contributed by atoms with Gasteiger partial charge in [0.15, 0.2) is 0 Å². The molecule has 2 saturated carbocycles. The SMILES string of the molecule is CCN(C1CCC(C(=O)O)CC1)S(=O)(=O)c1cccc(C(=O)Nc2ccc(N3CCCCC3)cc2C(=O)Nc2ccc(CCc3ccc(C(=O)O)cc3)cc2)c1.CCN(C1CCC(C(=O)OC)CC1)S(=O)(=O)c1cccc(C(=O)Nc2ccc(N3CCCCC3)cc2C(=O)Nc2ccc(CCc3ccc(C(=O)OC)cc3)cc2)c1. The lowest BCUT2D eigenvalue weighted by Gasteiger charge is -2.34. The summed E-state index contributed by atoms with van der Waals surface area (Å²) in [5, 5.41) is 30.3. The van der Waals surface area contributed by atoms with E-state index < -0.39 is 61.5 Å². The Hall–Kier alpha value is -11.1. The number of anilines is 6. The Kier molecular flexibility index (Phi) is 28.8. The van der Waals surface area contributed by atoms with Gasteiger partial charge in [-0.3, -0.25) is 28.8 Å². The molecule has 8 aromatic carbocycles. The number of aliphatic carboxylic acids is 1. The average molecular weight is 1590 g/mol. The fourth-order valence-corrected chi connectivity index (χ4v) is 18.9. The molecule has 12 rings (SSSR count). The fourth-order valence-electron chi connectivity index (χ4n) is 15.5. The Bertz CT molecular complexity index is 4980. The van der Waals surface area contributed by atoms with Crippen molar-refractivity contribution in [1.29, 1.82) is 0 Å². The lowest BCUT2D eigenvalue weighted by Crippen LogP contribution is -2.43. The summed E-state index contributed by atoms with van der Waals surface area (Å²) in [5.41, 5.74) is 9.22. The van der Waals surface area contributed by atoms with Crippen molar-refractivity contribution in [2.45, 2.75) is 151 Å². The molecule has 2 aliphatic carbocycles. The van der Waals surface area contributed by atoms with Gasteiger partial charge in [0, 0.05) is 85.2 Å². The van der Waals surface area contributed by atoms with E-state index in [1.807, 2.05) is 84.9 Å². The van der Waals surface area contributed by atoms with Crippen molar-refractivity contribution in [2.24, 2.45) is 11.8 Å². The van der Waals surface area contributed by atoms with Crippen LogP contribution in [-0.4, -0.2) is 149 Å². The van der Waals surface area contributed by atoms with Crippen molar-refractivity contribution in [1.82, 2.24) is 8.61 Å². The number of benzene rings is 8. The second-order valence-corrected chi connectivity index (χ2v) is 33.1. The van der Waals surface area contributed by atoms with Crippen LogP contribution < -0.4 is 31.1 Å². The molecule has 8 aromatic rings. The highest BCUT2D eigenvalue weighted by molar-refractivity contribution is 7.89. The van der Waals surface area contributed by atoms with Crippen LogP contribution in [-0.2, 0) is 64.8 Å². The number of carbonyl (C=O) groups excluding carboxylic acids is 6. The van der Waals surface area contributed by atoms with E-state index in [-0.39, 0.29) is 86.3 Å².